The first-order chi connectivity index (χ1) is 12.8. The number of carbonyl (C=O) groups excluding carboxylic acids is 1. The average Bonchev–Trinajstić information content (AvgIpc) is 2.93. The molecule has 1 amide bonds. The van der Waals surface area contributed by atoms with Gasteiger partial charge in [-0.3, -0.25) is 4.79 Å². The third kappa shape index (κ3) is 4.09. The highest BCUT2D eigenvalue weighted by molar-refractivity contribution is 7.15. The second-order valence-electron chi connectivity index (χ2n) is 7.42. The van der Waals surface area contributed by atoms with Crippen molar-refractivity contribution < 1.29 is 4.79 Å². The van der Waals surface area contributed by atoms with Gasteiger partial charge in [0, 0.05) is 29.3 Å². The van der Waals surface area contributed by atoms with Gasteiger partial charge in [0.2, 0.25) is 5.91 Å². The molecule has 1 fully saturated rings. The molecule has 138 valence electrons. The molecule has 0 spiro atoms. The molecule has 1 N–H and O–H groups in total. The van der Waals surface area contributed by atoms with Gasteiger partial charge in [0.15, 0.2) is 5.13 Å². The predicted octanol–water partition coefficient (Wildman–Crippen LogP) is 4.80. The number of aromatic nitrogens is 1. The van der Waals surface area contributed by atoms with Gasteiger partial charge in [-0.05, 0) is 37.3 Å². The Labute approximate surface area is 159 Å². The number of anilines is 2. The maximum Gasteiger partial charge on any atom is 0.232 e. The smallest absolute Gasteiger partial charge is 0.232 e. The molecular weight excluding hydrogens is 342 g/mol. The zero-order valence-electron chi connectivity index (χ0n) is 15.2. The molecule has 2 aliphatic rings. The first-order valence-corrected chi connectivity index (χ1v) is 10.7. The summed E-state index contributed by atoms with van der Waals surface area (Å²) in [6, 6.07) is 8.82. The number of hydrogen-bond acceptors (Lipinski definition) is 4. The lowest BCUT2D eigenvalue weighted by atomic mass is 10.0. The number of hydrogen-bond donors (Lipinski definition) is 1. The number of para-hydroxylation sites is 1. The predicted molar refractivity (Wildman–Crippen MR) is 108 cm³/mol. The van der Waals surface area contributed by atoms with Gasteiger partial charge < -0.3 is 10.2 Å². The van der Waals surface area contributed by atoms with Crippen LogP contribution in [-0.4, -0.2) is 23.5 Å². The van der Waals surface area contributed by atoms with Crippen molar-refractivity contribution in [3.63, 3.8) is 0 Å². The van der Waals surface area contributed by atoms with Crippen LogP contribution >= 0.6 is 11.3 Å². The van der Waals surface area contributed by atoms with E-state index in [1.165, 1.54) is 44.1 Å². The number of benzene rings is 1. The second kappa shape index (κ2) is 8.21. The summed E-state index contributed by atoms with van der Waals surface area (Å²) in [5, 5.41) is 4.56. The molecule has 2 aromatic rings. The van der Waals surface area contributed by atoms with E-state index >= 15 is 0 Å². The molecule has 0 radical (unpaired) electrons. The van der Waals surface area contributed by atoms with Crippen LogP contribution in [0.2, 0.25) is 0 Å². The standard InChI is InChI=1S/C21H27N3OS/c25-20(24-13-7-9-16-8-5-6-12-19(16)24)14-18-15-22-21(26-18)23-17-10-3-1-2-4-11-17/h5-6,8,12,15,17H,1-4,7,9-11,13-14H2,(H,22,23). The summed E-state index contributed by atoms with van der Waals surface area (Å²) < 4.78 is 0. The minimum atomic E-state index is 0.182. The fourth-order valence-corrected chi connectivity index (χ4v) is 4.97. The Bertz CT molecular complexity index is 749. The minimum absolute atomic E-state index is 0.182. The number of amides is 1. The van der Waals surface area contributed by atoms with Gasteiger partial charge in [-0.25, -0.2) is 4.98 Å². The van der Waals surface area contributed by atoms with E-state index in [1.54, 1.807) is 11.3 Å². The molecule has 1 saturated carbocycles. The summed E-state index contributed by atoms with van der Waals surface area (Å²) in [4.78, 5) is 20.4. The van der Waals surface area contributed by atoms with E-state index in [-0.39, 0.29) is 5.91 Å². The van der Waals surface area contributed by atoms with Crippen LogP contribution in [0.5, 0.6) is 0 Å². The second-order valence-corrected chi connectivity index (χ2v) is 8.53. The minimum Gasteiger partial charge on any atom is -0.359 e. The van der Waals surface area contributed by atoms with Crippen molar-refractivity contribution in [3.8, 4) is 0 Å². The highest BCUT2D eigenvalue weighted by Crippen LogP contribution is 2.29. The number of rotatable bonds is 4. The molecular formula is C21H27N3OS. The summed E-state index contributed by atoms with van der Waals surface area (Å²) in [5.74, 6) is 0.182. The molecule has 26 heavy (non-hydrogen) atoms. The first-order valence-electron chi connectivity index (χ1n) is 9.89. The summed E-state index contributed by atoms with van der Waals surface area (Å²) in [7, 11) is 0. The summed E-state index contributed by atoms with van der Waals surface area (Å²) in [5.41, 5.74) is 2.37. The molecule has 4 rings (SSSR count). The molecule has 0 saturated heterocycles. The lowest BCUT2D eigenvalue weighted by Gasteiger charge is -2.29. The third-order valence-corrected chi connectivity index (χ3v) is 6.40. The molecule has 1 aromatic carbocycles. The largest absolute Gasteiger partial charge is 0.359 e. The van der Waals surface area contributed by atoms with Crippen LogP contribution < -0.4 is 10.2 Å². The van der Waals surface area contributed by atoms with Gasteiger partial charge in [0.1, 0.15) is 0 Å². The van der Waals surface area contributed by atoms with Gasteiger partial charge in [0.05, 0.1) is 6.42 Å². The SMILES string of the molecule is O=C(Cc1cnc(NC2CCCCCC2)s1)N1CCCc2ccccc21. The molecule has 0 unspecified atom stereocenters. The molecule has 1 aromatic heterocycles. The highest BCUT2D eigenvalue weighted by atomic mass is 32.1. The molecule has 0 atom stereocenters. The number of carbonyl (C=O) groups is 1. The number of nitrogens with one attached hydrogen (secondary N) is 1. The third-order valence-electron chi connectivity index (χ3n) is 5.47. The van der Waals surface area contributed by atoms with E-state index in [2.05, 4.69) is 28.5 Å². The lowest BCUT2D eigenvalue weighted by Crippen LogP contribution is -2.36. The van der Waals surface area contributed by atoms with Crippen LogP contribution in [0.3, 0.4) is 0 Å². The van der Waals surface area contributed by atoms with Gasteiger partial charge in [0.25, 0.3) is 0 Å². The van der Waals surface area contributed by atoms with Crippen molar-refractivity contribution >= 4 is 28.1 Å². The molecule has 0 bridgehead atoms. The van der Waals surface area contributed by atoms with Crippen LogP contribution in [0.25, 0.3) is 0 Å². The van der Waals surface area contributed by atoms with Gasteiger partial charge >= 0.3 is 0 Å². The van der Waals surface area contributed by atoms with Crippen molar-refractivity contribution in [1.29, 1.82) is 0 Å². The molecule has 1 aliphatic heterocycles. The molecule has 4 nitrogen and oxygen atoms in total. The van der Waals surface area contributed by atoms with Crippen LogP contribution in [0, 0.1) is 0 Å². The maximum atomic E-state index is 12.9. The average molecular weight is 370 g/mol. The van der Waals surface area contributed by atoms with E-state index in [4.69, 9.17) is 0 Å². The number of thiazole rings is 1. The number of aryl methyl sites for hydroxylation is 1. The van der Waals surface area contributed by atoms with Crippen LogP contribution in [-0.2, 0) is 17.6 Å². The zero-order valence-corrected chi connectivity index (χ0v) is 16.1. The Morgan fingerprint density at radius 1 is 1.15 bits per heavy atom. The van der Waals surface area contributed by atoms with Gasteiger partial charge in [-0.1, -0.05) is 43.9 Å². The van der Waals surface area contributed by atoms with Crippen molar-refractivity contribution in [2.75, 3.05) is 16.8 Å². The Hall–Kier alpha value is -1.88. The molecule has 5 heteroatoms. The van der Waals surface area contributed by atoms with Crippen molar-refractivity contribution in [2.24, 2.45) is 0 Å². The Balaban J connectivity index is 1.39. The van der Waals surface area contributed by atoms with Crippen LogP contribution in [0.4, 0.5) is 10.8 Å². The Morgan fingerprint density at radius 2 is 1.96 bits per heavy atom. The van der Waals surface area contributed by atoms with E-state index in [0.717, 1.165) is 35.1 Å². The van der Waals surface area contributed by atoms with Crippen molar-refractivity contribution in [2.45, 2.75) is 63.8 Å². The lowest BCUT2D eigenvalue weighted by molar-refractivity contribution is -0.118. The van der Waals surface area contributed by atoms with Crippen molar-refractivity contribution in [1.82, 2.24) is 4.98 Å². The van der Waals surface area contributed by atoms with Crippen LogP contribution in [0.15, 0.2) is 30.5 Å². The monoisotopic (exact) mass is 369 g/mol. The van der Waals surface area contributed by atoms with Gasteiger partial charge in [-0.2, -0.15) is 0 Å². The molecule has 1 aliphatic carbocycles. The van der Waals surface area contributed by atoms with E-state index in [1.807, 2.05) is 17.2 Å². The summed E-state index contributed by atoms with van der Waals surface area (Å²) in [6.07, 6.45) is 12.2. The fraction of sp³-hybridized carbons (Fsp3) is 0.524. The number of fused-ring (bicyclic) bond motifs is 1. The number of nitrogens with zero attached hydrogens (tertiary/aromatic N) is 2. The topological polar surface area (TPSA) is 45.2 Å². The van der Waals surface area contributed by atoms with E-state index < -0.39 is 0 Å². The summed E-state index contributed by atoms with van der Waals surface area (Å²) >= 11 is 1.64. The summed E-state index contributed by atoms with van der Waals surface area (Å²) in [6.45, 7) is 0.821. The van der Waals surface area contributed by atoms with Crippen molar-refractivity contribution in [3.05, 3.63) is 40.9 Å². The Kier molecular flexibility index (Phi) is 5.54. The highest BCUT2D eigenvalue weighted by Gasteiger charge is 2.23. The first kappa shape index (κ1) is 17.5. The fourth-order valence-electron chi connectivity index (χ4n) is 4.09. The van der Waals surface area contributed by atoms with Gasteiger partial charge in [-0.15, -0.1) is 11.3 Å². The molecule has 2 heterocycles. The quantitative estimate of drug-likeness (QED) is 0.788. The Morgan fingerprint density at radius 3 is 2.81 bits per heavy atom. The van der Waals surface area contributed by atoms with Crippen LogP contribution in [0.1, 0.15) is 55.4 Å². The van der Waals surface area contributed by atoms with E-state index in [0.29, 0.717) is 12.5 Å². The normalized spacial score (nSPS) is 18.2. The van der Waals surface area contributed by atoms with E-state index in [9.17, 15) is 4.79 Å². The maximum absolute atomic E-state index is 12.9. The zero-order chi connectivity index (χ0) is 17.8.